The van der Waals surface area contributed by atoms with Crippen molar-refractivity contribution in [3.05, 3.63) is 71.5 Å². The summed E-state index contributed by atoms with van der Waals surface area (Å²) in [6, 6.07) is 9.80. The van der Waals surface area contributed by atoms with Crippen LogP contribution in [-0.2, 0) is 22.4 Å². The van der Waals surface area contributed by atoms with E-state index >= 15 is 0 Å². The van der Waals surface area contributed by atoms with Gasteiger partial charge in [0.2, 0.25) is 0 Å². The average molecular weight is 432 g/mol. The van der Waals surface area contributed by atoms with E-state index in [-0.39, 0.29) is 5.82 Å². The fourth-order valence-electron chi connectivity index (χ4n) is 3.88. The fraction of sp³-hybridized carbons (Fsp3) is 0.417. The lowest BCUT2D eigenvalue weighted by atomic mass is 9.74. The molecule has 7 heteroatoms. The van der Waals surface area contributed by atoms with E-state index in [9.17, 15) is 14.0 Å². The third-order valence-corrected chi connectivity index (χ3v) is 5.24. The highest BCUT2D eigenvalue weighted by atomic mass is 19.1. The molecule has 0 amide bonds. The summed E-state index contributed by atoms with van der Waals surface area (Å²) in [6.07, 6.45) is 7.08. The summed E-state index contributed by atoms with van der Waals surface area (Å²) in [5, 5.41) is 19.2. The van der Waals surface area contributed by atoms with Gasteiger partial charge in [-0.1, -0.05) is 19.9 Å². The van der Waals surface area contributed by atoms with Crippen LogP contribution < -0.4 is 5.32 Å². The minimum absolute atomic E-state index is 0.118. The van der Waals surface area contributed by atoms with Crippen LogP contribution in [-0.4, -0.2) is 34.7 Å². The molecule has 2 unspecified atom stereocenters. The van der Waals surface area contributed by atoms with Gasteiger partial charge in [0, 0.05) is 24.6 Å². The predicted octanol–water partition coefficient (Wildman–Crippen LogP) is 4.41. The van der Waals surface area contributed by atoms with E-state index in [1.54, 1.807) is 18.4 Å². The lowest BCUT2D eigenvalue weighted by molar-refractivity contribution is -0.134. The van der Waals surface area contributed by atoms with Crippen molar-refractivity contribution in [3.8, 4) is 0 Å². The Balaban J connectivity index is 0.000000366. The van der Waals surface area contributed by atoms with E-state index in [4.69, 9.17) is 14.6 Å². The van der Waals surface area contributed by atoms with Gasteiger partial charge in [-0.3, -0.25) is 0 Å². The van der Waals surface area contributed by atoms with Crippen LogP contribution in [0.2, 0.25) is 0 Å². The summed E-state index contributed by atoms with van der Waals surface area (Å²) >= 11 is 0. The van der Waals surface area contributed by atoms with Crippen LogP contribution in [0.25, 0.3) is 0 Å². The van der Waals surface area contributed by atoms with Crippen LogP contribution in [0.3, 0.4) is 0 Å². The number of halogens is 1. The minimum Gasteiger partial charge on any atom is -0.478 e. The summed E-state index contributed by atoms with van der Waals surface area (Å²) in [6.45, 7) is 5.31. The molecule has 1 aromatic heterocycles. The second-order valence-electron chi connectivity index (χ2n) is 7.96. The first-order valence-electron chi connectivity index (χ1n) is 10.4. The zero-order valence-corrected chi connectivity index (χ0v) is 17.9. The number of carboxylic acid groups (broad SMARTS) is 2. The number of aliphatic carboxylic acids is 2. The molecule has 0 radical (unpaired) electrons. The Morgan fingerprint density at radius 3 is 2.52 bits per heavy atom. The van der Waals surface area contributed by atoms with Crippen molar-refractivity contribution < 1.29 is 28.6 Å². The van der Waals surface area contributed by atoms with Gasteiger partial charge in [0.25, 0.3) is 0 Å². The largest absolute Gasteiger partial charge is 0.478 e. The van der Waals surface area contributed by atoms with Crippen molar-refractivity contribution >= 4 is 11.9 Å². The van der Waals surface area contributed by atoms with Gasteiger partial charge in [0.1, 0.15) is 11.6 Å². The molecular formula is C24H30FNO5. The zero-order valence-electron chi connectivity index (χ0n) is 17.9. The normalized spacial score (nSPS) is 16.5. The molecular weight excluding hydrogens is 401 g/mol. The van der Waals surface area contributed by atoms with Gasteiger partial charge in [0.05, 0.1) is 6.26 Å². The molecule has 0 spiro atoms. The predicted molar refractivity (Wildman–Crippen MR) is 116 cm³/mol. The van der Waals surface area contributed by atoms with E-state index in [1.807, 2.05) is 12.1 Å². The van der Waals surface area contributed by atoms with Gasteiger partial charge in [-0.15, -0.1) is 0 Å². The number of furan rings is 1. The lowest BCUT2D eigenvalue weighted by Crippen LogP contribution is -2.34. The molecule has 1 aliphatic rings. The van der Waals surface area contributed by atoms with Crippen LogP contribution in [0.5, 0.6) is 0 Å². The van der Waals surface area contributed by atoms with E-state index < -0.39 is 11.9 Å². The Morgan fingerprint density at radius 1 is 1.23 bits per heavy atom. The number of aryl methyl sites for hydroxylation is 1. The van der Waals surface area contributed by atoms with Crippen molar-refractivity contribution in [2.24, 2.45) is 5.92 Å². The van der Waals surface area contributed by atoms with Crippen LogP contribution in [0, 0.1) is 11.7 Å². The molecule has 1 heterocycles. The topological polar surface area (TPSA) is 99.8 Å². The molecule has 0 bridgehead atoms. The number of fused-ring (bicyclic) bond motifs is 1. The van der Waals surface area contributed by atoms with Crippen molar-refractivity contribution in [1.29, 1.82) is 0 Å². The number of benzene rings is 1. The summed E-state index contributed by atoms with van der Waals surface area (Å²) in [7, 11) is 0. The molecule has 6 nitrogen and oxygen atoms in total. The first kappa shape index (κ1) is 24.3. The molecule has 1 aliphatic carbocycles. The Morgan fingerprint density at radius 2 is 1.94 bits per heavy atom. The average Bonchev–Trinajstić information content (AvgIpc) is 3.22. The monoisotopic (exact) mass is 431 g/mol. The molecule has 0 saturated carbocycles. The van der Waals surface area contributed by atoms with Gasteiger partial charge >= 0.3 is 11.9 Å². The maximum atomic E-state index is 13.6. The minimum atomic E-state index is -1.26. The van der Waals surface area contributed by atoms with Crippen LogP contribution in [0.4, 0.5) is 4.39 Å². The molecule has 168 valence electrons. The highest BCUT2D eigenvalue weighted by Gasteiger charge is 2.29. The van der Waals surface area contributed by atoms with Gasteiger partial charge in [-0.05, 0) is 73.0 Å². The number of hydrogen-bond donors (Lipinski definition) is 3. The third kappa shape index (κ3) is 8.38. The van der Waals surface area contributed by atoms with Crippen LogP contribution >= 0.6 is 0 Å². The van der Waals surface area contributed by atoms with E-state index in [0.717, 1.165) is 31.6 Å². The van der Waals surface area contributed by atoms with Gasteiger partial charge < -0.3 is 19.9 Å². The molecule has 3 rings (SSSR count). The van der Waals surface area contributed by atoms with Crippen LogP contribution in [0.15, 0.2) is 53.2 Å². The number of carbonyl (C=O) groups is 2. The molecule has 2 aromatic rings. The van der Waals surface area contributed by atoms with Crippen LogP contribution in [0.1, 0.15) is 49.5 Å². The van der Waals surface area contributed by atoms with Gasteiger partial charge in [-0.25, -0.2) is 14.0 Å². The molecule has 3 N–H and O–H groups in total. The number of rotatable bonds is 8. The summed E-state index contributed by atoms with van der Waals surface area (Å²) < 4.78 is 19.1. The second-order valence-corrected chi connectivity index (χ2v) is 7.96. The summed E-state index contributed by atoms with van der Waals surface area (Å²) in [4.78, 5) is 19.1. The number of nitrogens with one attached hydrogen (secondary N) is 1. The smallest absolute Gasteiger partial charge is 0.328 e. The van der Waals surface area contributed by atoms with Crippen molar-refractivity contribution in [3.63, 3.8) is 0 Å². The quantitative estimate of drug-likeness (QED) is 0.536. The maximum Gasteiger partial charge on any atom is 0.328 e. The Labute approximate surface area is 181 Å². The maximum absolute atomic E-state index is 13.6. The van der Waals surface area contributed by atoms with Crippen molar-refractivity contribution in [1.82, 2.24) is 5.32 Å². The standard InChI is InChI=1S/C20H26FNO.C4H4O4/c1-14(2)22-13-16(12-18-6-4-10-23-18)19-7-3-5-15-11-17(21)8-9-20(15)19;5-3(6)1-2-4(7)8/h4,6,8-11,14,16,19,22H,3,5,7,12-13H2,1-2H3;1-2H,(H,5,6)(H,7,8). The molecule has 2 atom stereocenters. The Hall–Kier alpha value is -2.93. The highest BCUT2D eigenvalue weighted by molar-refractivity contribution is 5.89. The molecule has 0 saturated heterocycles. The summed E-state index contributed by atoms with van der Waals surface area (Å²) in [5.41, 5.74) is 2.52. The van der Waals surface area contributed by atoms with Gasteiger partial charge in [-0.2, -0.15) is 0 Å². The molecule has 1 aromatic carbocycles. The van der Waals surface area contributed by atoms with Gasteiger partial charge in [0.15, 0.2) is 0 Å². The summed E-state index contributed by atoms with van der Waals surface area (Å²) in [5.74, 6) is -0.661. The van der Waals surface area contributed by atoms with Crippen molar-refractivity contribution in [2.75, 3.05) is 6.54 Å². The first-order chi connectivity index (χ1) is 14.8. The Bertz CT molecular complexity index is 860. The molecule has 0 aliphatic heterocycles. The Kier molecular flexibility index (Phi) is 9.46. The SMILES string of the molecule is CC(C)NCC(Cc1ccco1)C1CCCc2cc(F)ccc21.O=C(O)C=CC(=O)O. The molecule has 31 heavy (non-hydrogen) atoms. The zero-order chi connectivity index (χ0) is 22.8. The molecule has 0 fully saturated rings. The fourth-order valence-corrected chi connectivity index (χ4v) is 3.88. The third-order valence-electron chi connectivity index (χ3n) is 5.24. The highest BCUT2D eigenvalue weighted by Crippen LogP contribution is 2.38. The first-order valence-corrected chi connectivity index (χ1v) is 10.4. The van der Waals surface area contributed by atoms with E-state index in [1.165, 1.54) is 17.5 Å². The number of carboxylic acids is 2. The van der Waals surface area contributed by atoms with E-state index in [0.29, 0.717) is 30.0 Å². The second kappa shape index (κ2) is 12.1. The number of hydrogen-bond acceptors (Lipinski definition) is 4. The van der Waals surface area contributed by atoms with Crippen molar-refractivity contribution in [2.45, 2.75) is 51.5 Å². The van der Waals surface area contributed by atoms with E-state index in [2.05, 4.69) is 25.2 Å². The lowest BCUT2D eigenvalue weighted by Gasteiger charge is -2.33.